The molecular weight excluding hydrogens is 242 g/mol. The molecule has 19 heavy (non-hydrogen) atoms. The summed E-state index contributed by atoms with van der Waals surface area (Å²) in [6.45, 7) is 5.47. The number of likely N-dealkylation sites (N-methyl/N-ethyl adjacent to an activating group) is 1. The number of rotatable bonds is 1. The zero-order chi connectivity index (χ0) is 13.4. The van der Waals surface area contributed by atoms with Crippen LogP contribution in [-0.2, 0) is 17.8 Å². The van der Waals surface area contributed by atoms with E-state index in [1.807, 2.05) is 4.90 Å². The van der Waals surface area contributed by atoms with E-state index in [0.717, 1.165) is 57.1 Å². The maximum Gasteiger partial charge on any atom is 0.220 e. The fraction of sp³-hybridized carbons (Fsp3) is 0.769. The second-order valence-corrected chi connectivity index (χ2v) is 5.55. The van der Waals surface area contributed by atoms with Crippen LogP contribution >= 0.6 is 0 Å². The lowest BCUT2D eigenvalue weighted by Crippen LogP contribution is -2.30. The molecule has 0 N–H and O–H groups in total. The molecule has 1 amide bonds. The smallest absolute Gasteiger partial charge is 0.220 e. The van der Waals surface area contributed by atoms with Gasteiger partial charge in [0.2, 0.25) is 5.91 Å². The largest absolute Gasteiger partial charge is 0.333 e. The van der Waals surface area contributed by atoms with E-state index in [0.29, 0.717) is 0 Å². The lowest BCUT2D eigenvalue weighted by molar-refractivity contribution is -0.129. The van der Waals surface area contributed by atoms with Crippen molar-refractivity contribution in [2.24, 2.45) is 0 Å². The molecule has 1 aromatic heterocycles. The predicted molar refractivity (Wildman–Crippen MR) is 70.6 cm³/mol. The molecule has 6 heteroatoms. The third kappa shape index (κ3) is 2.25. The van der Waals surface area contributed by atoms with E-state index < -0.39 is 0 Å². The van der Waals surface area contributed by atoms with Gasteiger partial charge in [-0.1, -0.05) is 0 Å². The molecule has 0 unspecified atom stereocenters. The standard InChI is InChI=1S/C13H21N5O/c1-10(19)17-6-3-4-11(17)13-15-14-12-5-7-16(2)8-9-18(12)13/h11H,3-9H2,1-2H3/t11-/m1/s1. The lowest BCUT2D eigenvalue weighted by atomic mass is 10.2. The maximum atomic E-state index is 11.7. The predicted octanol–water partition coefficient (Wildman–Crippen LogP) is 0.449. The summed E-state index contributed by atoms with van der Waals surface area (Å²) in [6, 6.07) is 0.127. The highest BCUT2D eigenvalue weighted by atomic mass is 16.2. The number of likely N-dealkylation sites (tertiary alicyclic amines) is 1. The molecule has 104 valence electrons. The first kappa shape index (κ1) is 12.6. The van der Waals surface area contributed by atoms with Crippen LogP contribution in [0.15, 0.2) is 0 Å². The Labute approximate surface area is 113 Å². The summed E-state index contributed by atoms with van der Waals surface area (Å²) in [5.41, 5.74) is 0. The van der Waals surface area contributed by atoms with Crippen molar-refractivity contribution < 1.29 is 4.79 Å². The minimum Gasteiger partial charge on any atom is -0.333 e. The van der Waals surface area contributed by atoms with Crippen molar-refractivity contribution in [2.75, 3.05) is 26.7 Å². The number of hydrogen-bond acceptors (Lipinski definition) is 4. The summed E-state index contributed by atoms with van der Waals surface area (Å²) in [5.74, 6) is 2.19. The molecule has 2 aliphatic rings. The van der Waals surface area contributed by atoms with Crippen molar-refractivity contribution in [1.82, 2.24) is 24.6 Å². The Morgan fingerprint density at radius 2 is 2.05 bits per heavy atom. The van der Waals surface area contributed by atoms with E-state index in [9.17, 15) is 4.79 Å². The van der Waals surface area contributed by atoms with E-state index >= 15 is 0 Å². The van der Waals surface area contributed by atoms with Gasteiger partial charge in [-0.3, -0.25) is 4.79 Å². The second-order valence-electron chi connectivity index (χ2n) is 5.55. The van der Waals surface area contributed by atoms with E-state index in [-0.39, 0.29) is 11.9 Å². The van der Waals surface area contributed by atoms with Gasteiger partial charge in [0.25, 0.3) is 0 Å². The molecule has 2 aliphatic heterocycles. The van der Waals surface area contributed by atoms with Crippen molar-refractivity contribution in [3.63, 3.8) is 0 Å². The second kappa shape index (κ2) is 4.92. The molecule has 0 radical (unpaired) electrons. The van der Waals surface area contributed by atoms with Crippen LogP contribution < -0.4 is 0 Å². The van der Waals surface area contributed by atoms with Gasteiger partial charge in [0.1, 0.15) is 5.82 Å². The van der Waals surface area contributed by atoms with Crippen LogP contribution in [0.2, 0.25) is 0 Å². The van der Waals surface area contributed by atoms with Crippen LogP contribution in [0.4, 0.5) is 0 Å². The monoisotopic (exact) mass is 263 g/mol. The van der Waals surface area contributed by atoms with Gasteiger partial charge in [0.05, 0.1) is 6.04 Å². The normalized spacial score (nSPS) is 24.3. The first-order chi connectivity index (χ1) is 9.16. The molecule has 1 atom stereocenters. The summed E-state index contributed by atoms with van der Waals surface area (Å²) < 4.78 is 2.23. The van der Waals surface area contributed by atoms with Gasteiger partial charge in [-0.15, -0.1) is 10.2 Å². The molecule has 1 fully saturated rings. The number of hydrogen-bond donors (Lipinski definition) is 0. The van der Waals surface area contributed by atoms with Gasteiger partial charge in [-0.2, -0.15) is 0 Å². The van der Waals surface area contributed by atoms with E-state index in [1.165, 1.54) is 0 Å². The first-order valence-electron chi connectivity index (χ1n) is 7.04. The molecular formula is C13H21N5O. The van der Waals surface area contributed by atoms with Gasteiger partial charge in [-0.05, 0) is 19.9 Å². The fourth-order valence-electron chi connectivity index (χ4n) is 3.11. The van der Waals surface area contributed by atoms with E-state index in [2.05, 4.69) is 26.7 Å². The molecule has 3 rings (SSSR count). The van der Waals surface area contributed by atoms with Crippen LogP contribution in [0.5, 0.6) is 0 Å². The molecule has 1 aromatic rings. The highest BCUT2D eigenvalue weighted by Crippen LogP contribution is 2.31. The topological polar surface area (TPSA) is 54.3 Å². The van der Waals surface area contributed by atoms with Crippen LogP contribution in [-0.4, -0.2) is 57.2 Å². The first-order valence-corrected chi connectivity index (χ1v) is 7.04. The number of amides is 1. The average Bonchev–Trinajstić information content (AvgIpc) is 2.96. The van der Waals surface area contributed by atoms with E-state index in [4.69, 9.17) is 0 Å². The summed E-state index contributed by atoms with van der Waals surface area (Å²) >= 11 is 0. The van der Waals surface area contributed by atoms with Gasteiger partial charge in [0, 0.05) is 39.5 Å². The lowest BCUT2D eigenvalue weighted by Gasteiger charge is -2.23. The third-order valence-corrected chi connectivity index (χ3v) is 4.23. The van der Waals surface area contributed by atoms with Gasteiger partial charge < -0.3 is 14.4 Å². The minimum absolute atomic E-state index is 0.127. The summed E-state index contributed by atoms with van der Waals surface area (Å²) in [6.07, 6.45) is 3.01. The quantitative estimate of drug-likeness (QED) is 0.738. The summed E-state index contributed by atoms with van der Waals surface area (Å²) in [7, 11) is 2.14. The Hall–Kier alpha value is -1.43. The number of fused-ring (bicyclic) bond motifs is 1. The van der Waals surface area contributed by atoms with E-state index in [1.54, 1.807) is 6.92 Å². The molecule has 6 nitrogen and oxygen atoms in total. The highest BCUT2D eigenvalue weighted by molar-refractivity contribution is 5.74. The number of carbonyl (C=O) groups excluding carboxylic acids is 1. The van der Waals surface area contributed by atoms with Crippen molar-refractivity contribution in [2.45, 2.75) is 38.8 Å². The van der Waals surface area contributed by atoms with Gasteiger partial charge in [-0.25, -0.2) is 0 Å². The number of carbonyl (C=O) groups is 1. The molecule has 1 saturated heterocycles. The van der Waals surface area contributed by atoms with Crippen molar-refractivity contribution in [1.29, 1.82) is 0 Å². The Morgan fingerprint density at radius 3 is 2.84 bits per heavy atom. The zero-order valence-electron chi connectivity index (χ0n) is 11.7. The molecule has 3 heterocycles. The third-order valence-electron chi connectivity index (χ3n) is 4.23. The Morgan fingerprint density at radius 1 is 1.21 bits per heavy atom. The molecule has 0 saturated carbocycles. The Balaban J connectivity index is 1.90. The van der Waals surface area contributed by atoms with Crippen molar-refractivity contribution in [3.8, 4) is 0 Å². The zero-order valence-corrected chi connectivity index (χ0v) is 11.7. The molecule has 0 spiro atoms. The fourth-order valence-corrected chi connectivity index (χ4v) is 3.11. The SMILES string of the molecule is CC(=O)N1CCC[C@@H]1c1nnc2n1CCN(C)CC2. The number of nitrogens with zero attached hydrogens (tertiary/aromatic N) is 5. The number of aromatic nitrogens is 3. The molecule has 0 aliphatic carbocycles. The highest BCUT2D eigenvalue weighted by Gasteiger charge is 2.32. The van der Waals surface area contributed by atoms with Gasteiger partial charge >= 0.3 is 0 Å². The van der Waals surface area contributed by atoms with Crippen LogP contribution in [0.1, 0.15) is 37.5 Å². The molecule has 0 aromatic carbocycles. The minimum atomic E-state index is 0.127. The summed E-state index contributed by atoms with van der Waals surface area (Å²) in [5, 5.41) is 8.72. The van der Waals surface area contributed by atoms with Crippen LogP contribution in [0.3, 0.4) is 0 Å². The summed E-state index contributed by atoms with van der Waals surface area (Å²) in [4.78, 5) is 16.0. The van der Waals surface area contributed by atoms with Crippen LogP contribution in [0, 0.1) is 0 Å². The van der Waals surface area contributed by atoms with Crippen molar-refractivity contribution >= 4 is 5.91 Å². The average molecular weight is 263 g/mol. The molecule has 0 bridgehead atoms. The Kier molecular flexibility index (Phi) is 3.26. The maximum absolute atomic E-state index is 11.7. The van der Waals surface area contributed by atoms with Crippen LogP contribution in [0.25, 0.3) is 0 Å². The Bertz CT molecular complexity index is 483. The van der Waals surface area contributed by atoms with Gasteiger partial charge in [0.15, 0.2) is 5.82 Å². The van der Waals surface area contributed by atoms with Crippen molar-refractivity contribution in [3.05, 3.63) is 11.6 Å².